The molecule has 0 saturated heterocycles. The second-order valence-corrected chi connectivity index (χ2v) is 6.90. The van der Waals surface area contributed by atoms with Crippen molar-refractivity contribution in [3.8, 4) is 5.75 Å². The van der Waals surface area contributed by atoms with Gasteiger partial charge in [0, 0.05) is 32.8 Å². The Morgan fingerprint density at radius 1 is 1.30 bits per heavy atom. The van der Waals surface area contributed by atoms with Crippen molar-refractivity contribution >= 4 is 33.4 Å². The van der Waals surface area contributed by atoms with E-state index in [0.29, 0.717) is 0 Å². The number of rotatable bonds is 3. The lowest BCUT2D eigenvalue weighted by Crippen LogP contribution is -1.92. The SMILES string of the molecule is Cc1ccc(N)cc1SCc1cc(Br)cc2c1OCC2. The van der Waals surface area contributed by atoms with Crippen LogP contribution in [0.1, 0.15) is 16.7 Å². The quantitative estimate of drug-likeness (QED) is 0.651. The summed E-state index contributed by atoms with van der Waals surface area (Å²) < 4.78 is 6.89. The van der Waals surface area contributed by atoms with E-state index in [1.165, 1.54) is 21.6 Å². The predicted octanol–water partition coefficient (Wildman–Crippen LogP) is 4.57. The molecule has 1 aliphatic rings. The summed E-state index contributed by atoms with van der Waals surface area (Å²) in [6.07, 6.45) is 1.00. The van der Waals surface area contributed by atoms with Gasteiger partial charge >= 0.3 is 0 Å². The van der Waals surface area contributed by atoms with Gasteiger partial charge in [-0.05, 0) is 42.3 Å². The summed E-state index contributed by atoms with van der Waals surface area (Å²) in [6, 6.07) is 10.4. The van der Waals surface area contributed by atoms with Crippen molar-refractivity contribution in [3.63, 3.8) is 0 Å². The summed E-state index contributed by atoms with van der Waals surface area (Å²) in [5.41, 5.74) is 10.5. The van der Waals surface area contributed by atoms with Crippen LogP contribution < -0.4 is 10.5 Å². The number of aryl methyl sites for hydroxylation is 1. The van der Waals surface area contributed by atoms with Gasteiger partial charge < -0.3 is 10.5 Å². The molecule has 0 spiro atoms. The number of nitrogen functional groups attached to an aromatic ring is 1. The summed E-state index contributed by atoms with van der Waals surface area (Å²) in [5, 5.41) is 0. The number of thioether (sulfide) groups is 1. The number of benzene rings is 2. The van der Waals surface area contributed by atoms with Crippen LogP contribution in [0.3, 0.4) is 0 Å². The van der Waals surface area contributed by atoms with Crippen LogP contribution >= 0.6 is 27.7 Å². The standard InChI is InChI=1S/C16H16BrNOS/c1-10-2-3-14(18)8-15(10)20-9-12-7-13(17)6-11-4-5-19-16(11)12/h2-3,6-8H,4-5,9,18H2,1H3. The van der Waals surface area contributed by atoms with E-state index >= 15 is 0 Å². The fourth-order valence-electron chi connectivity index (χ4n) is 2.38. The Morgan fingerprint density at radius 3 is 3.00 bits per heavy atom. The van der Waals surface area contributed by atoms with Gasteiger partial charge in [0.05, 0.1) is 6.61 Å². The Kier molecular flexibility index (Phi) is 3.94. The summed E-state index contributed by atoms with van der Waals surface area (Å²) in [6.45, 7) is 2.91. The highest BCUT2D eigenvalue weighted by molar-refractivity contribution is 9.10. The Morgan fingerprint density at radius 2 is 2.15 bits per heavy atom. The zero-order chi connectivity index (χ0) is 14.1. The van der Waals surface area contributed by atoms with E-state index in [1.54, 1.807) is 0 Å². The van der Waals surface area contributed by atoms with Gasteiger partial charge in [-0.1, -0.05) is 22.0 Å². The van der Waals surface area contributed by atoms with Crippen LogP contribution in [0, 0.1) is 6.92 Å². The van der Waals surface area contributed by atoms with Gasteiger partial charge in [0.2, 0.25) is 0 Å². The molecule has 4 heteroatoms. The molecule has 2 aromatic carbocycles. The fourth-order valence-corrected chi connectivity index (χ4v) is 3.97. The highest BCUT2D eigenvalue weighted by atomic mass is 79.9. The number of halogens is 1. The lowest BCUT2D eigenvalue weighted by Gasteiger charge is -2.10. The van der Waals surface area contributed by atoms with E-state index in [1.807, 2.05) is 23.9 Å². The third-order valence-corrected chi connectivity index (χ3v) is 5.08. The highest BCUT2D eigenvalue weighted by Crippen LogP contribution is 2.37. The lowest BCUT2D eigenvalue weighted by molar-refractivity contribution is 0.354. The van der Waals surface area contributed by atoms with E-state index in [9.17, 15) is 0 Å². The topological polar surface area (TPSA) is 35.2 Å². The van der Waals surface area contributed by atoms with E-state index < -0.39 is 0 Å². The van der Waals surface area contributed by atoms with Crippen LogP contribution in [0.2, 0.25) is 0 Å². The van der Waals surface area contributed by atoms with Crippen molar-refractivity contribution in [3.05, 3.63) is 51.5 Å². The van der Waals surface area contributed by atoms with Crippen molar-refractivity contribution < 1.29 is 4.74 Å². The lowest BCUT2D eigenvalue weighted by atomic mass is 10.1. The first-order valence-electron chi connectivity index (χ1n) is 6.56. The molecule has 0 unspecified atom stereocenters. The molecular formula is C16H16BrNOS. The number of nitrogens with two attached hydrogens (primary N) is 1. The Bertz CT molecular complexity index is 657. The van der Waals surface area contributed by atoms with Gasteiger partial charge in [-0.2, -0.15) is 0 Å². The molecule has 0 amide bonds. The molecule has 2 nitrogen and oxygen atoms in total. The summed E-state index contributed by atoms with van der Waals surface area (Å²) in [5.74, 6) is 1.97. The monoisotopic (exact) mass is 349 g/mol. The second kappa shape index (κ2) is 5.70. The third kappa shape index (κ3) is 2.81. The van der Waals surface area contributed by atoms with E-state index in [-0.39, 0.29) is 0 Å². The van der Waals surface area contributed by atoms with Crippen LogP contribution in [0.15, 0.2) is 39.7 Å². The van der Waals surface area contributed by atoms with E-state index in [2.05, 4.69) is 41.1 Å². The Hall–Kier alpha value is -1.13. The minimum absolute atomic E-state index is 0.792. The van der Waals surface area contributed by atoms with Crippen LogP contribution in [0.5, 0.6) is 5.75 Å². The second-order valence-electron chi connectivity index (χ2n) is 4.97. The van der Waals surface area contributed by atoms with Crippen molar-refractivity contribution in [2.24, 2.45) is 0 Å². The van der Waals surface area contributed by atoms with Gasteiger partial charge in [-0.3, -0.25) is 0 Å². The highest BCUT2D eigenvalue weighted by Gasteiger charge is 2.17. The van der Waals surface area contributed by atoms with Gasteiger partial charge in [0.1, 0.15) is 5.75 Å². The molecule has 0 fully saturated rings. The van der Waals surface area contributed by atoms with Gasteiger partial charge in [0.15, 0.2) is 0 Å². The first-order valence-corrected chi connectivity index (χ1v) is 8.34. The fraction of sp³-hybridized carbons (Fsp3) is 0.250. The minimum atomic E-state index is 0.792. The zero-order valence-corrected chi connectivity index (χ0v) is 13.7. The molecule has 0 aromatic heterocycles. The number of fused-ring (bicyclic) bond motifs is 1. The van der Waals surface area contributed by atoms with Crippen LogP contribution in [0.25, 0.3) is 0 Å². The maximum atomic E-state index is 5.87. The molecule has 20 heavy (non-hydrogen) atoms. The average molecular weight is 350 g/mol. The maximum Gasteiger partial charge on any atom is 0.126 e. The maximum absolute atomic E-state index is 5.87. The Balaban J connectivity index is 1.84. The molecule has 1 heterocycles. The van der Waals surface area contributed by atoms with Gasteiger partial charge in [-0.15, -0.1) is 11.8 Å². The Labute approximate surface area is 131 Å². The molecule has 0 aliphatic carbocycles. The first-order chi connectivity index (χ1) is 9.63. The van der Waals surface area contributed by atoms with Crippen molar-refractivity contribution in [2.75, 3.05) is 12.3 Å². The van der Waals surface area contributed by atoms with Crippen molar-refractivity contribution in [2.45, 2.75) is 24.0 Å². The van der Waals surface area contributed by atoms with Crippen LogP contribution in [-0.2, 0) is 12.2 Å². The first kappa shape index (κ1) is 13.8. The normalized spacial score (nSPS) is 13.1. The largest absolute Gasteiger partial charge is 0.493 e. The predicted molar refractivity (Wildman–Crippen MR) is 88.5 cm³/mol. The third-order valence-electron chi connectivity index (χ3n) is 3.42. The summed E-state index contributed by atoms with van der Waals surface area (Å²) in [7, 11) is 0. The van der Waals surface area contributed by atoms with Crippen molar-refractivity contribution in [1.82, 2.24) is 0 Å². The average Bonchev–Trinajstić information content (AvgIpc) is 2.87. The molecule has 0 radical (unpaired) electrons. The molecule has 2 aromatic rings. The van der Waals surface area contributed by atoms with Gasteiger partial charge in [0.25, 0.3) is 0 Å². The summed E-state index contributed by atoms with van der Waals surface area (Å²) in [4.78, 5) is 1.23. The molecule has 0 saturated carbocycles. The number of hydrogen-bond donors (Lipinski definition) is 1. The number of ether oxygens (including phenoxy) is 1. The van der Waals surface area contributed by atoms with Crippen molar-refractivity contribution in [1.29, 1.82) is 0 Å². The summed E-state index contributed by atoms with van der Waals surface area (Å²) >= 11 is 5.39. The van der Waals surface area contributed by atoms with E-state index in [4.69, 9.17) is 10.5 Å². The molecule has 3 rings (SSSR count). The van der Waals surface area contributed by atoms with Crippen LogP contribution in [-0.4, -0.2) is 6.61 Å². The molecule has 0 atom stereocenters. The molecule has 2 N–H and O–H groups in total. The zero-order valence-electron chi connectivity index (χ0n) is 11.3. The van der Waals surface area contributed by atoms with Gasteiger partial charge in [-0.25, -0.2) is 0 Å². The smallest absolute Gasteiger partial charge is 0.126 e. The van der Waals surface area contributed by atoms with E-state index in [0.717, 1.165) is 34.7 Å². The molecule has 1 aliphatic heterocycles. The molecular weight excluding hydrogens is 334 g/mol. The number of hydrogen-bond acceptors (Lipinski definition) is 3. The minimum Gasteiger partial charge on any atom is -0.493 e. The van der Waals surface area contributed by atoms with Crippen LogP contribution in [0.4, 0.5) is 5.69 Å². The molecule has 0 bridgehead atoms. The molecule has 104 valence electrons. The number of anilines is 1.